The van der Waals surface area contributed by atoms with Crippen LogP contribution >= 0.6 is 11.6 Å². The van der Waals surface area contributed by atoms with Crippen LogP contribution in [-0.2, 0) is 0 Å². The first-order valence-electron chi connectivity index (χ1n) is 5.68. The highest BCUT2D eigenvalue weighted by Gasteiger charge is 2.22. The van der Waals surface area contributed by atoms with Crippen LogP contribution in [0.2, 0.25) is 5.02 Å². The van der Waals surface area contributed by atoms with Crippen LogP contribution in [-0.4, -0.2) is 7.11 Å². The molecule has 2 N–H and O–H groups in total. The molecule has 2 aromatic rings. The molecule has 0 radical (unpaired) electrons. The normalized spacial score (nSPS) is 12.3. The van der Waals surface area contributed by atoms with E-state index in [2.05, 4.69) is 0 Å². The van der Waals surface area contributed by atoms with E-state index in [0.717, 1.165) is 18.2 Å². The second-order valence-electron chi connectivity index (χ2n) is 4.13. The van der Waals surface area contributed by atoms with Gasteiger partial charge in [0, 0.05) is 17.7 Å². The van der Waals surface area contributed by atoms with E-state index in [4.69, 9.17) is 22.1 Å². The summed E-state index contributed by atoms with van der Waals surface area (Å²) in [4.78, 5) is 0. The fourth-order valence-corrected chi connectivity index (χ4v) is 2.14. The van der Waals surface area contributed by atoms with Gasteiger partial charge in [0.15, 0.2) is 0 Å². The molecule has 1 unspecified atom stereocenters. The molecular formula is C14H11ClF3NO. The molecule has 0 bridgehead atoms. The van der Waals surface area contributed by atoms with E-state index in [1.54, 1.807) is 0 Å². The fraction of sp³-hybridized carbons (Fsp3) is 0.143. The lowest BCUT2D eigenvalue weighted by Crippen LogP contribution is -2.16. The maximum atomic E-state index is 13.9. The van der Waals surface area contributed by atoms with Gasteiger partial charge in [0.1, 0.15) is 23.2 Å². The van der Waals surface area contributed by atoms with E-state index in [9.17, 15) is 13.2 Å². The van der Waals surface area contributed by atoms with Crippen molar-refractivity contribution in [3.05, 3.63) is 63.9 Å². The van der Waals surface area contributed by atoms with Gasteiger partial charge < -0.3 is 10.5 Å². The standard InChI is InChI=1S/C14H11ClF3NO/c1-20-7-5-10(17)12(11(18)6-7)14(19)8-3-2-4-9(16)13(8)15/h2-6,14H,19H2,1H3. The average Bonchev–Trinajstić information content (AvgIpc) is 2.40. The van der Waals surface area contributed by atoms with Crippen molar-refractivity contribution in [2.45, 2.75) is 6.04 Å². The minimum atomic E-state index is -1.22. The van der Waals surface area contributed by atoms with E-state index in [1.807, 2.05) is 0 Å². The Morgan fingerprint density at radius 3 is 2.25 bits per heavy atom. The molecule has 0 fully saturated rings. The first-order valence-corrected chi connectivity index (χ1v) is 6.06. The van der Waals surface area contributed by atoms with Crippen LogP contribution in [0.15, 0.2) is 30.3 Å². The first kappa shape index (κ1) is 14.7. The molecular weight excluding hydrogens is 291 g/mol. The van der Waals surface area contributed by atoms with Crippen LogP contribution in [0.25, 0.3) is 0 Å². The Morgan fingerprint density at radius 1 is 1.10 bits per heavy atom. The Labute approximate surface area is 118 Å². The molecule has 2 aromatic carbocycles. The summed E-state index contributed by atoms with van der Waals surface area (Å²) in [5.74, 6) is -2.43. The summed E-state index contributed by atoms with van der Waals surface area (Å²) in [5.41, 5.74) is 5.52. The monoisotopic (exact) mass is 301 g/mol. The maximum Gasteiger partial charge on any atom is 0.142 e. The van der Waals surface area contributed by atoms with E-state index in [0.29, 0.717) is 0 Å². The number of nitrogens with two attached hydrogens (primary N) is 1. The average molecular weight is 302 g/mol. The van der Waals surface area contributed by atoms with Gasteiger partial charge in [-0.25, -0.2) is 13.2 Å². The lowest BCUT2D eigenvalue weighted by atomic mass is 9.98. The van der Waals surface area contributed by atoms with Crippen molar-refractivity contribution < 1.29 is 17.9 Å². The van der Waals surface area contributed by atoms with Crippen molar-refractivity contribution >= 4 is 11.6 Å². The van der Waals surface area contributed by atoms with Crippen LogP contribution in [0.1, 0.15) is 17.2 Å². The van der Waals surface area contributed by atoms with E-state index in [-0.39, 0.29) is 16.3 Å². The molecule has 0 spiro atoms. The maximum absolute atomic E-state index is 13.9. The Hall–Kier alpha value is -1.72. The molecule has 0 saturated carbocycles. The molecule has 106 valence electrons. The van der Waals surface area contributed by atoms with Gasteiger partial charge >= 0.3 is 0 Å². The van der Waals surface area contributed by atoms with Crippen molar-refractivity contribution in [2.24, 2.45) is 5.73 Å². The summed E-state index contributed by atoms with van der Waals surface area (Å²) in [6.45, 7) is 0. The minimum Gasteiger partial charge on any atom is -0.497 e. The number of rotatable bonds is 3. The molecule has 20 heavy (non-hydrogen) atoms. The summed E-state index contributed by atoms with van der Waals surface area (Å²) < 4.78 is 46.0. The Kier molecular flexibility index (Phi) is 4.20. The molecule has 2 rings (SSSR count). The Balaban J connectivity index is 2.54. The molecule has 0 amide bonds. The van der Waals surface area contributed by atoms with Crippen LogP contribution in [0.5, 0.6) is 5.75 Å². The fourth-order valence-electron chi connectivity index (χ4n) is 1.89. The SMILES string of the molecule is COc1cc(F)c(C(N)c2cccc(F)c2Cl)c(F)c1. The number of hydrogen-bond acceptors (Lipinski definition) is 2. The molecule has 0 saturated heterocycles. The summed E-state index contributed by atoms with van der Waals surface area (Å²) in [6.07, 6.45) is 0. The molecule has 0 aliphatic heterocycles. The summed E-state index contributed by atoms with van der Waals surface area (Å²) in [7, 11) is 1.29. The van der Waals surface area contributed by atoms with Crippen LogP contribution in [0.3, 0.4) is 0 Å². The van der Waals surface area contributed by atoms with Gasteiger partial charge in [0.05, 0.1) is 18.2 Å². The highest BCUT2D eigenvalue weighted by molar-refractivity contribution is 6.31. The molecule has 6 heteroatoms. The van der Waals surface area contributed by atoms with Gasteiger partial charge in [-0.05, 0) is 11.6 Å². The minimum absolute atomic E-state index is 0.0290. The lowest BCUT2D eigenvalue weighted by molar-refractivity contribution is 0.404. The largest absolute Gasteiger partial charge is 0.497 e. The third-order valence-corrected chi connectivity index (χ3v) is 3.31. The zero-order valence-electron chi connectivity index (χ0n) is 10.5. The number of hydrogen-bond donors (Lipinski definition) is 1. The van der Waals surface area contributed by atoms with Gasteiger partial charge in [0.25, 0.3) is 0 Å². The molecule has 2 nitrogen and oxygen atoms in total. The molecule has 0 aromatic heterocycles. The van der Waals surface area contributed by atoms with E-state index in [1.165, 1.54) is 19.2 Å². The topological polar surface area (TPSA) is 35.2 Å². The van der Waals surface area contributed by atoms with Gasteiger partial charge in [0.2, 0.25) is 0 Å². The predicted molar refractivity (Wildman–Crippen MR) is 70.4 cm³/mol. The van der Waals surface area contributed by atoms with E-state index < -0.39 is 29.1 Å². The van der Waals surface area contributed by atoms with Crippen LogP contribution < -0.4 is 10.5 Å². The zero-order chi connectivity index (χ0) is 14.9. The number of methoxy groups -OCH3 is 1. The van der Waals surface area contributed by atoms with Crippen LogP contribution in [0.4, 0.5) is 13.2 Å². The van der Waals surface area contributed by atoms with Crippen LogP contribution in [0, 0.1) is 17.5 Å². The second-order valence-corrected chi connectivity index (χ2v) is 4.50. The zero-order valence-corrected chi connectivity index (χ0v) is 11.2. The van der Waals surface area contributed by atoms with Gasteiger partial charge in [-0.15, -0.1) is 0 Å². The van der Waals surface area contributed by atoms with Crippen molar-refractivity contribution in [3.8, 4) is 5.75 Å². The molecule has 0 aliphatic rings. The highest BCUT2D eigenvalue weighted by Crippen LogP contribution is 2.32. The Bertz CT molecular complexity index is 625. The molecule has 0 aliphatic carbocycles. The summed E-state index contributed by atoms with van der Waals surface area (Å²) in [5, 5.41) is -0.255. The lowest BCUT2D eigenvalue weighted by Gasteiger charge is -2.16. The third kappa shape index (κ3) is 2.59. The highest BCUT2D eigenvalue weighted by atomic mass is 35.5. The van der Waals surface area contributed by atoms with Crippen molar-refractivity contribution in [1.29, 1.82) is 0 Å². The van der Waals surface area contributed by atoms with Gasteiger partial charge in [-0.2, -0.15) is 0 Å². The second kappa shape index (κ2) is 5.73. The smallest absolute Gasteiger partial charge is 0.142 e. The third-order valence-electron chi connectivity index (χ3n) is 2.92. The summed E-state index contributed by atoms with van der Waals surface area (Å²) in [6, 6.07) is 4.72. The quantitative estimate of drug-likeness (QED) is 0.935. The number of ether oxygens (including phenoxy) is 1. The number of halogens is 4. The van der Waals surface area contributed by atoms with Crippen molar-refractivity contribution in [2.75, 3.05) is 7.11 Å². The van der Waals surface area contributed by atoms with E-state index >= 15 is 0 Å². The van der Waals surface area contributed by atoms with Gasteiger partial charge in [-0.3, -0.25) is 0 Å². The number of benzene rings is 2. The molecule has 0 heterocycles. The van der Waals surface area contributed by atoms with Crippen molar-refractivity contribution in [3.63, 3.8) is 0 Å². The first-order chi connectivity index (χ1) is 9.45. The predicted octanol–water partition coefficient (Wildman–Crippen LogP) is 3.81. The molecule has 1 atom stereocenters. The van der Waals surface area contributed by atoms with Gasteiger partial charge in [-0.1, -0.05) is 23.7 Å². The summed E-state index contributed by atoms with van der Waals surface area (Å²) >= 11 is 5.78. The Morgan fingerprint density at radius 2 is 1.70 bits per heavy atom. The van der Waals surface area contributed by atoms with Crippen molar-refractivity contribution in [1.82, 2.24) is 0 Å².